The first-order valence-corrected chi connectivity index (χ1v) is 8.02. The van der Waals surface area contributed by atoms with Gasteiger partial charge in [0, 0.05) is 18.5 Å². The lowest BCUT2D eigenvalue weighted by Gasteiger charge is -2.13. The van der Waals surface area contributed by atoms with Gasteiger partial charge in [-0.3, -0.25) is 4.98 Å². The first-order chi connectivity index (χ1) is 12.2. The second-order valence-corrected chi connectivity index (χ2v) is 5.67. The van der Waals surface area contributed by atoms with Crippen LogP contribution in [0.15, 0.2) is 67.0 Å². The van der Waals surface area contributed by atoms with E-state index in [4.69, 9.17) is 9.47 Å². The van der Waals surface area contributed by atoms with Crippen LogP contribution in [0.5, 0.6) is 5.75 Å². The van der Waals surface area contributed by atoms with Gasteiger partial charge in [0.15, 0.2) is 0 Å². The maximum absolute atomic E-state index is 12.0. The monoisotopic (exact) mass is 333 g/mol. The standard InChI is InChI=1S/C21H19NO3/c1-15(25-21(23)10-5-16-4-3-11-22-14-16)17-6-7-19-13-20(24-2)9-8-18(19)12-17/h3-15H,1-2H3/b10-5+. The lowest BCUT2D eigenvalue weighted by atomic mass is 10.0. The zero-order chi connectivity index (χ0) is 17.6. The second-order valence-electron chi connectivity index (χ2n) is 5.67. The van der Waals surface area contributed by atoms with Gasteiger partial charge in [-0.05, 0) is 59.2 Å². The lowest BCUT2D eigenvalue weighted by molar-refractivity contribution is -0.142. The van der Waals surface area contributed by atoms with Crippen molar-refractivity contribution in [3.05, 3.63) is 78.1 Å². The summed E-state index contributed by atoms with van der Waals surface area (Å²) >= 11 is 0. The molecule has 25 heavy (non-hydrogen) atoms. The van der Waals surface area contributed by atoms with E-state index >= 15 is 0 Å². The van der Waals surface area contributed by atoms with Crippen LogP contribution in [0.25, 0.3) is 16.8 Å². The Hall–Kier alpha value is -3.14. The highest BCUT2D eigenvalue weighted by Gasteiger charge is 2.10. The first-order valence-electron chi connectivity index (χ1n) is 8.02. The summed E-state index contributed by atoms with van der Waals surface area (Å²) in [6, 6.07) is 15.6. The van der Waals surface area contributed by atoms with Crippen LogP contribution >= 0.6 is 0 Å². The number of hydrogen-bond acceptors (Lipinski definition) is 4. The Kier molecular flexibility index (Phi) is 5.09. The largest absolute Gasteiger partial charge is 0.497 e. The summed E-state index contributed by atoms with van der Waals surface area (Å²) in [6.45, 7) is 1.86. The van der Waals surface area contributed by atoms with Crippen molar-refractivity contribution in [3.8, 4) is 5.75 Å². The molecule has 0 aliphatic heterocycles. The van der Waals surface area contributed by atoms with E-state index in [-0.39, 0.29) is 12.1 Å². The summed E-state index contributed by atoms with van der Waals surface area (Å²) in [5.74, 6) is 0.437. The highest BCUT2D eigenvalue weighted by Crippen LogP contribution is 2.25. The Morgan fingerprint density at radius 2 is 1.92 bits per heavy atom. The molecular formula is C21H19NO3. The van der Waals surface area contributed by atoms with Crippen molar-refractivity contribution >= 4 is 22.8 Å². The predicted molar refractivity (Wildman–Crippen MR) is 98.3 cm³/mol. The molecule has 0 aliphatic rings. The van der Waals surface area contributed by atoms with Gasteiger partial charge in [0.25, 0.3) is 0 Å². The summed E-state index contributed by atoms with van der Waals surface area (Å²) in [5, 5.41) is 2.16. The average molecular weight is 333 g/mol. The second kappa shape index (κ2) is 7.62. The van der Waals surface area contributed by atoms with Gasteiger partial charge in [-0.15, -0.1) is 0 Å². The summed E-state index contributed by atoms with van der Waals surface area (Å²) < 4.78 is 10.7. The van der Waals surface area contributed by atoms with Crippen LogP contribution in [0.1, 0.15) is 24.2 Å². The molecule has 1 atom stereocenters. The highest BCUT2D eigenvalue weighted by molar-refractivity contribution is 5.87. The first kappa shape index (κ1) is 16.7. The number of ether oxygens (including phenoxy) is 2. The Balaban J connectivity index is 1.70. The number of hydrogen-bond donors (Lipinski definition) is 0. The average Bonchev–Trinajstić information content (AvgIpc) is 2.66. The minimum Gasteiger partial charge on any atom is -0.497 e. The van der Waals surface area contributed by atoms with Gasteiger partial charge in [-0.2, -0.15) is 0 Å². The smallest absolute Gasteiger partial charge is 0.331 e. The van der Waals surface area contributed by atoms with E-state index in [0.717, 1.165) is 27.6 Å². The van der Waals surface area contributed by atoms with Gasteiger partial charge in [-0.25, -0.2) is 4.79 Å². The van der Waals surface area contributed by atoms with Crippen LogP contribution in [0.2, 0.25) is 0 Å². The molecule has 4 heteroatoms. The van der Waals surface area contributed by atoms with Crippen molar-refractivity contribution in [2.24, 2.45) is 0 Å². The molecule has 1 aromatic heterocycles. The molecule has 0 N–H and O–H groups in total. The Morgan fingerprint density at radius 3 is 2.68 bits per heavy atom. The topological polar surface area (TPSA) is 48.4 Å². The number of esters is 1. The molecule has 0 amide bonds. The number of benzene rings is 2. The van der Waals surface area contributed by atoms with Crippen molar-refractivity contribution < 1.29 is 14.3 Å². The zero-order valence-corrected chi connectivity index (χ0v) is 14.2. The lowest BCUT2D eigenvalue weighted by Crippen LogP contribution is -2.06. The molecule has 0 saturated heterocycles. The SMILES string of the molecule is COc1ccc2cc(C(C)OC(=O)/C=C/c3cccnc3)ccc2c1. The number of fused-ring (bicyclic) bond motifs is 1. The number of carbonyl (C=O) groups excluding carboxylic acids is 1. The number of aromatic nitrogens is 1. The minimum atomic E-state index is -0.383. The van der Waals surface area contributed by atoms with E-state index < -0.39 is 0 Å². The van der Waals surface area contributed by atoms with Crippen molar-refractivity contribution in [2.75, 3.05) is 7.11 Å². The quantitative estimate of drug-likeness (QED) is 0.507. The minimum absolute atomic E-state index is 0.336. The van der Waals surface area contributed by atoms with Gasteiger partial charge in [-0.1, -0.05) is 24.3 Å². The van der Waals surface area contributed by atoms with Crippen molar-refractivity contribution in [2.45, 2.75) is 13.0 Å². The van der Waals surface area contributed by atoms with Crippen LogP contribution in [-0.4, -0.2) is 18.1 Å². The van der Waals surface area contributed by atoms with Crippen molar-refractivity contribution in [1.82, 2.24) is 4.98 Å². The highest BCUT2D eigenvalue weighted by atomic mass is 16.5. The number of methoxy groups -OCH3 is 1. The maximum Gasteiger partial charge on any atom is 0.331 e. The van der Waals surface area contributed by atoms with Gasteiger partial charge < -0.3 is 9.47 Å². The molecule has 0 radical (unpaired) electrons. The van der Waals surface area contributed by atoms with E-state index in [1.807, 2.05) is 55.5 Å². The molecule has 126 valence electrons. The molecule has 0 spiro atoms. The Labute approximate surface area is 146 Å². The van der Waals surface area contributed by atoms with E-state index in [2.05, 4.69) is 4.98 Å². The molecule has 0 fully saturated rings. The third kappa shape index (κ3) is 4.23. The van der Waals surface area contributed by atoms with Gasteiger partial charge >= 0.3 is 5.97 Å². The molecule has 1 unspecified atom stereocenters. The third-order valence-corrected chi connectivity index (χ3v) is 3.93. The van der Waals surface area contributed by atoms with Crippen LogP contribution in [0.4, 0.5) is 0 Å². The van der Waals surface area contributed by atoms with E-state index in [0.29, 0.717) is 0 Å². The van der Waals surface area contributed by atoms with E-state index in [1.165, 1.54) is 6.08 Å². The molecule has 0 bridgehead atoms. The van der Waals surface area contributed by atoms with Gasteiger partial charge in [0.05, 0.1) is 7.11 Å². The van der Waals surface area contributed by atoms with Crippen LogP contribution in [0.3, 0.4) is 0 Å². The molecule has 0 saturated carbocycles. The Morgan fingerprint density at radius 1 is 1.12 bits per heavy atom. The number of pyridine rings is 1. The fourth-order valence-corrected chi connectivity index (χ4v) is 2.54. The molecule has 3 rings (SSSR count). The molecule has 3 aromatic rings. The van der Waals surface area contributed by atoms with E-state index in [1.54, 1.807) is 25.6 Å². The summed E-state index contributed by atoms with van der Waals surface area (Å²) in [6.07, 6.45) is 6.14. The normalized spacial score (nSPS) is 12.2. The molecular weight excluding hydrogens is 314 g/mol. The predicted octanol–water partition coefficient (Wildman–Crippen LogP) is 4.56. The summed E-state index contributed by atoms with van der Waals surface area (Å²) in [4.78, 5) is 16.0. The van der Waals surface area contributed by atoms with Crippen LogP contribution in [0, 0.1) is 0 Å². The van der Waals surface area contributed by atoms with Gasteiger partial charge in [0.2, 0.25) is 0 Å². The zero-order valence-electron chi connectivity index (χ0n) is 14.2. The molecule has 0 aliphatic carbocycles. The number of nitrogens with zero attached hydrogens (tertiary/aromatic N) is 1. The summed E-state index contributed by atoms with van der Waals surface area (Å²) in [7, 11) is 1.65. The maximum atomic E-state index is 12.0. The number of rotatable bonds is 5. The fraction of sp³-hybridized carbons (Fsp3) is 0.143. The van der Waals surface area contributed by atoms with E-state index in [9.17, 15) is 4.79 Å². The number of carbonyl (C=O) groups is 1. The third-order valence-electron chi connectivity index (χ3n) is 3.93. The van der Waals surface area contributed by atoms with Gasteiger partial charge in [0.1, 0.15) is 11.9 Å². The van der Waals surface area contributed by atoms with Crippen LogP contribution in [-0.2, 0) is 9.53 Å². The summed E-state index contributed by atoms with van der Waals surface area (Å²) in [5.41, 5.74) is 1.80. The molecule has 1 heterocycles. The fourth-order valence-electron chi connectivity index (χ4n) is 2.54. The van der Waals surface area contributed by atoms with Crippen molar-refractivity contribution in [1.29, 1.82) is 0 Å². The Bertz CT molecular complexity index is 903. The van der Waals surface area contributed by atoms with Crippen LogP contribution < -0.4 is 4.74 Å². The molecule has 2 aromatic carbocycles. The van der Waals surface area contributed by atoms with Crippen molar-refractivity contribution in [3.63, 3.8) is 0 Å². The molecule has 4 nitrogen and oxygen atoms in total.